The number of ether oxygens (including phenoxy) is 1. The van der Waals surface area contributed by atoms with E-state index in [0.29, 0.717) is 6.54 Å². The molecule has 1 amide bonds. The molecule has 27 heavy (non-hydrogen) atoms. The Morgan fingerprint density at radius 3 is 2.96 bits per heavy atom. The third-order valence-corrected chi connectivity index (χ3v) is 6.74. The lowest BCUT2D eigenvalue weighted by Crippen LogP contribution is -2.35. The van der Waals surface area contributed by atoms with Crippen molar-refractivity contribution in [2.45, 2.75) is 24.5 Å². The highest BCUT2D eigenvalue weighted by Crippen LogP contribution is 2.39. The molecular weight excluding hydrogens is 400 g/mol. The molecule has 0 radical (unpaired) electrons. The molecule has 0 aliphatic carbocycles. The number of amides is 1. The van der Waals surface area contributed by atoms with E-state index in [2.05, 4.69) is 17.1 Å². The highest BCUT2D eigenvalue weighted by molar-refractivity contribution is 8.21. The van der Waals surface area contributed by atoms with E-state index < -0.39 is 0 Å². The summed E-state index contributed by atoms with van der Waals surface area (Å²) in [7, 11) is 7.16. The minimum atomic E-state index is -0.297. The molecule has 1 aliphatic rings. The van der Waals surface area contributed by atoms with Gasteiger partial charge in [0.2, 0.25) is 0 Å². The number of pyridine rings is 1. The molecule has 1 aliphatic heterocycles. The molecule has 0 N–H and O–H groups in total. The first-order valence-corrected chi connectivity index (χ1v) is 11.0. The average Bonchev–Trinajstić information content (AvgIpc) is 3.29. The number of carbonyl (C=O) groups is 1. The lowest BCUT2D eigenvalue weighted by atomic mass is 10.1. The molecule has 0 saturated heterocycles. The van der Waals surface area contributed by atoms with Crippen LogP contribution in [-0.2, 0) is 11.3 Å². The SMILES string of the molecule is CC1C(c2cc3c(SCl)ccnc3s2)=CCN1C(=O)OCc1ccccc1. The Hall–Kier alpha value is -2.02. The highest BCUT2D eigenvalue weighted by Gasteiger charge is 2.30. The van der Waals surface area contributed by atoms with Crippen molar-refractivity contribution >= 4 is 54.9 Å². The molecule has 1 aromatic carbocycles. The van der Waals surface area contributed by atoms with Gasteiger partial charge in [-0.15, -0.1) is 11.3 Å². The van der Waals surface area contributed by atoms with Crippen LogP contribution >= 0.6 is 33.0 Å². The fraction of sp³-hybridized carbons (Fsp3) is 0.200. The second kappa shape index (κ2) is 7.92. The molecule has 1 atom stereocenters. The van der Waals surface area contributed by atoms with Crippen LogP contribution in [0.5, 0.6) is 0 Å². The van der Waals surface area contributed by atoms with Crippen LogP contribution in [0.3, 0.4) is 0 Å². The van der Waals surface area contributed by atoms with Gasteiger partial charge in [0.25, 0.3) is 0 Å². The van der Waals surface area contributed by atoms with Crippen molar-refractivity contribution in [2.24, 2.45) is 0 Å². The van der Waals surface area contributed by atoms with Crippen LogP contribution in [0.25, 0.3) is 15.8 Å². The Kier molecular flexibility index (Phi) is 5.38. The van der Waals surface area contributed by atoms with Gasteiger partial charge in [-0.25, -0.2) is 9.78 Å². The van der Waals surface area contributed by atoms with Gasteiger partial charge in [-0.05, 0) is 51.9 Å². The minimum absolute atomic E-state index is 0.0477. The van der Waals surface area contributed by atoms with Gasteiger partial charge in [-0.1, -0.05) is 36.4 Å². The third kappa shape index (κ3) is 3.70. The van der Waals surface area contributed by atoms with Crippen molar-refractivity contribution in [1.82, 2.24) is 9.88 Å². The van der Waals surface area contributed by atoms with Crippen molar-refractivity contribution in [3.63, 3.8) is 0 Å². The zero-order chi connectivity index (χ0) is 18.8. The Bertz CT molecular complexity index is 1000. The minimum Gasteiger partial charge on any atom is -0.445 e. The number of aromatic nitrogens is 1. The summed E-state index contributed by atoms with van der Waals surface area (Å²) >= 11 is 1.62. The number of hydrogen-bond donors (Lipinski definition) is 0. The van der Waals surface area contributed by atoms with Crippen molar-refractivity contribution in [1.29, 1.82) is 0 Å². The maximum Gasteiger partial charge on any atom is 0.410 e. The average molecular weight is 417 g/mol. The molecule has 138 valence electrons. The normalized spacial score (nSPS) is 16.6. The number of carbonyl (C=O) groups excluding carboxylic acids is 1. The van der Waals surface area contributed by atoms with E-state index in [9.17, 15) is 4.79 Å². The lowest BCUT2D eigenvalue weighted by Gasteiger charge is -2.23. The molecule has 4 rings (SSSR count). The van der Waals surface area contributed by atoms with Gasteiger partial charge in [0.05, 0.1) is 6.04 Å². The number of thiophene rings is 1. The van der Waals surface area contributed by atoms with Crippen LogP contribution in [0, 0.1) is 0 Å². The second-order valence-electron chi connectivity index (χ2n) is 6.24. The number of benzene rings is 1. The number of nitrogens with zero attached hydrogens (tertiary/aromatic N) is 2. The van der Waals surface area contributed by atoms with Gasteiger partial charge in [0.1, 0.15) is 11.4 Å². The fourth-order valence-electron chi connectivity index (χ4n) is 3.16. The predicted molar refractivity (Wildman–Crippen MR) is 112 cm³/mol. The molecule has 0 saturated carbocycles. The molecule has 0 fully saturated rings. The first kappa shape index (κ1) is 18.3. The maximum atomic E-state index is 12.5. The molecule has 3 heterocycles. The monoisotopic (exact) mass is 416 g/mol. The van der Waals surface area contributed by atoms with Gasteiger partial charge < -0.3 is 4.74 Å². The van der Waals surface area contributed by atoms with Gasteiger partial charge in [0, 0.05) is 27.9 Å². The van der Waals surface area contributed by atoms with Crippen molar-refractivity contribution in [2.75, 3.05) is 6.54 Å². The first-order valence-electron chi connectivity index (χ1n) is 8.52. The summed E-state index contributed by atoms with van der Waals surface area (Å²) in [5.41, 5.74) is 2.10. The summed E-state index contributed by atoms with van der Waals surface area (Å²) in [4.78, 5) is 21.8. The molecule has 0 bridgehead atoms. The van der Waals surface area contributed by atoms with Gasteiger partial charge in [-0.2, -0.15) is 0 Å². The van der Waals surface area contributed by atoms with Gasteiger partial charge in [0.15, 0.2) is 0 Å². The highest BCUT2D eigenvalue weighted by atomic mass is 35.7. The fourth-order valence-corrected chi connectivity index (χ4v) is 5.13. The maximum absolute atomic E-state index is 12.5. The van der Waals surface area contributed by atoms with Crippen molar-refractivity contribution < 1.29 is 9.53 Å². The van der Waals surface area contributed by atoms with E-state index in [1.165, 1.54) is 11.0 Å². The quantitative estimate of drug-likeness (QED) is 0.525. The molecule has 4 nitrogen and oxygen atoms in total. The predicted octanol–water partition coefficient (Wildman–Crippen LogP) is 5.97. The number of rotatable bonds is 4. The van der Waals surface area contributed by atoms with Gasteiger partial charge >= 0.3 is 6.09 Å². The zero-order valence-corrected chi connectivity index (χ0v) is 17.0. The van der Waals surface area contributed by atoms with Crippen LogP contribution in [0.15, 0.2) is 59.6 Å². The number of fused-ring (bicyclic) bond motifs is 1. The largest absolute Gasteiger partial charge is 0.445 e. The number of hydrogen-bond acceptors (Lipinski definition) is 5. The summed E-state index contributed by atoms with van der Waals surface area (Å²) in [6.45, 7) is 2.85. The Balaban J connectivity index is 1.48. The molecule has 7 heteroatoms. The van der Waals surface area contributed by atoms with E-state index in [4.69, 9.17) is 15.4 Å². The van der Waals surface area contributed by atoms with E-state index in [1.54, 1.807) is 22.4 Å². The van der Waals surface area contributed by atoms with Gasteiger partial charge in [-0.3, -0.25) is 4.90 Å². The zero-order valence-electron chi connectivity index (χ0n) is 14.6. The second-order valence-corrected chi connectivity index (χ2v) is 8.33. The molecule has 0 spiro atoms. The van der Waals surface area contributed by atoms with Crippen LogP contribution in [0.4, 0.5) is 4.79 Å². The Labute approximate surface area is 170 Å². The summed E-state index contributed by atoms with van der Waals surface area (Å²) in [6, 6.07) is 13.7. The van der Waals surface area contributed by atoms with Crippen LogP contribution < -0.4 is 0 Å². The topological polar surface area (TPSA) is 42.4 Å². The molecular formula is C20H17ClN2O2S2. The molecule has 1 unspecified atom stereocenters. The van der Waals surface area contributed by atoms with Crippen LogP contribution in [0.1, 0.15) is 17.4 Å². The van der Waals surface area contributed by atoms with E-state index in [0.717, 1.165) is 31.1 Å². The summed E-state index contributed by atoms with van der Waals surface area (Å²) in [6.07, 6.45) is 3.56. The van der Waals surface area contributed by atoms with Crippen LogP contribution in [-0.4, -0.2) is 28.6 Å². The molecule has 2 aromatic heterocycles. The third-order valence-electron chi connectivity index (χ3n) is 4.63. The summed E-state index contributed by atoms with van der Waals surface area (Å²) in [5.74, 6) is 0. The van der Waals surface area contributed by atoms with Crippen molar-refractivity contribution in [3.05, 3.63) is 65.2 Å². The van der Waals surface area contributed by atoms with Crippen molar-refractivity contribution in [3.8, 4) is 0 Å². The van der Waals surface area contributed by atoms with E-state index in [-0.39, 0.29) is 18.7 Å². The smallest absolute Gasteiger partial charge is 0.410 e. The molecule has 3 aromatic rings. The summed E-state index contributed by atoms with van der Waals surface area (Å²) < 4.78 is 5.49. The Morgan fingerprint density at radius 1 is 1.37 bits per heavy atom. The standard InChI is InChI=1S/C20H17ClN2O2S2/c1-13-15(18-11-16-17(27-21)7-9-22-19(16)26-18)8-10-23(13)20(24)25-12-14-5-3-2-4-6-14/h2-9,11,13H,10,12H2,1H3. The van der Waals surface area contributed by atoms with E-state index in [1.807, 2.05) is 43.3 Å². The van der Waals surface area contributed by atoms with E-state index >= 15 is 0 Å². The summed E-state index contributed by atoms with van der Waals surface area (Å²) in [5, 5.41) is 1.05. The Morgan fingerprint density at radius 2 is 2.19 bits per heavy atom. The first-order chi connectivity index (χ1) is 13.2. The number of halogens is 1. The van der Waals surface area contributed by atoms with Crippen LogP contribution in [0.2, 0.25) is 0 Å². The lowest BCUT2D eigenvalue weighted by molar-refractivity contribution is 0.0977.